The Bertz CT molecular complexity index is 706. The Balaban J connectivity index is 1.95. The van der Waals surface area contributed by atoms with Gasteiger partial charge < -0.3 is 20.4 Å². The van der Waals surface area contributed by atoms with Gasteiger partial charge in [0.25, 0.3) is 5.91 Å². The number of aliphatic imine (C=N–C) groups is 1. The molecule has 1 aromatic heterocycles. The first-order valence-electron chi connectivity index (χ1n) is 8.98. The van der Waals surface area contributed by atoms with Crippen molar-refractivity contribution in [1.29, 1.82) is 0 Å². The van der Waals surface area contributed by atoms with Gasteiger partial charge in [0, 0.05) is 18.3 Å². The molecule has 0 radical (unpaired) electrons. The van der Waals surface area contributed by atoms with Gasteiger partial charge in [-0.3, -0.25) is 4.79 Å². The van der Waals surface area contributed by atoms with Gasteiger partial charge in [-0.15, -0.1) is 0 Å². The van der Waals surface area contributed by atoms with Crippen LogP contribution in [0.1, 0.15) is 43.8 Å². The topological polar surface area (TPSA) is 78.7 Å². The van der Waals surface area contributed by atoms with Gasteiger partial charge in [0.2, 0.25) is 0 Å². The number of nitrogens with one attached hydrogen (secondary N) is 3. The van der Waals surface area contributed by atoms with Crippen molar-refractivity contribution in [3.05, 3.63) is 54.0 Å². The van der Waals surface area contributed by atoms with Gasteiger partial charge >= 0.3 is 0 Å². The number of carbonyl (C=O) groups is 1. The van der Waals surface area contributed by atoms with Gasteiger partial charge in [-0.2, -0.15) is 0 Å². The molecular formula is C20H28N4O2. The summed E-state index contributed by atoms with van der Waals surface area (Å²) in [5, 5.41) is 9.48. The number of rotatable bonds is 7. The lowest BCUT2D eigenvalue weighted by Gasteiger charge is -2.20. The maximum absolute atomic E-state index is 12.0. The molecule has 1 amide bonds. The van der Waals surface area contributed by atoms with Crippen LogP contribution in [0.15, 0.2) is 52.1 Å². The van der Waals surface area contributed by atoms with E-state index in [0.717, 1.165) is 23.8 Å². The number of amides is 1. The highest BCUT2D eigenvalue weighted by Gasteiger charge is 2.09. The number of hydrogen-bond donors (Lipinski definition) is 3. The Kier molecular flexibility index (Phi) is 7.26. The number of anilines is 1. The summed E-state index contributed by atoms with van der Waals surface area (Å²) in [4.78, 5) is 16.6. The van der Waals surface area contributed by atoms with Gasteiger partial charge in [0.05, 0.1) is 12.8 Å². The van der Waals surface area contributed by atoms with Gasteiger partial charge in [-0.05, 0) is 49.6 Å². The maximum Gasteiger partial charge on any atom is 0.291 e. The molecule has 1 unspecified atom stereocenters. The minimum Gasteiger partial charge on any atom is -0.459 e. The zero-order valence-corrected chi connectivity index (χ0v) is 15.9. The maximum atomic E-state index is 12.0. The summed E-state index contributed by atoms with van der Waals surface area (Å²) in [6.45, 7) is 9.93. The third-order valence-electron chi connectivity index (χ3n) is 4.09. The molecule has 0 aliphatic heterocycles. The van der Waals surface area contributed by atoms with E-state index in [9.17, 15) is 4.79 Å². The molecular weight excluding hydrogens is 328 g/mol. The molecule has 0 bridgehead atoms. The minimum atomic E-state index is -0.262. The van der Waals surface area contributed by atoms with Gasteiger partial charge in [-0.25, -0.2) is 4.99 Å². The fraction of sp³-hybridized carbons (Fsp3) is 0.400. The lowest BCUT2D eigenvalue weighted by molar-refractivity contribution is 0.0996. The molecule has 6 heteroatoms. The van der Waals surface area contributed by atoms with Gasteiger partial charge in [0.1, 0.15) is 0 Å². The summed E-state index contributed by atoms with van der Waals surface area (Å²) in [7, 11) is 0. The van der Waals surface area contributed by atoms with E-state index >= 15 is 0 Å². The summed E-state index contributed by atoms with van der Waals surface area (Å²) in [5.41, 5.74) is 1.79. The number of carbonyl (C=O) groups excluding carboxylic acids is 1. The third kappa shape index (κ3) is 5.95. The number of benzene rings is 1. The molecule has 0 aliphatic rings. The zero-order chi connectivity index (χ0) is 18.9. The predicted octanol–water partition coefficient (Wildman–Crippen LogP) is 3.63. The smallest absolute Gasteiger partial charge is 0.291 e. The van der Waals surface area contributed by atoms with Crippen LogP contribution in [0.3, 0.4) is 0 Å². The number of hydrogen-bond acceptors (Lipinski definition) is 3. The van der Waals surface area contributed by atoms with Crippen LogP contribution in [-0.4, -0.2) is 24.5 Å². The first kappa shape index (κ1) is 19.6. The lowest BCUT2D eigenvalue weighted by atomic mass is 10.1. The second-order valence-electron chi connectivity index (χ2n) is 6.50. The Morgan fingerprint density at radius 3 is 2.46 bits per heavy atom. The Morgan fingerprint density at radius 1 is 1.15 bits per heavy atom. The molecule has 0 spiro atoms. The summed E-state index contributed by atoms with van der Waals surface area (Å²) in [5.74, 6) is 1.36. The van der Waals surface area contributed by atoms with E-state index in [1.807, 2.05) is 31.2 Å². The average molecular weight is 356 g/mol. The molecule has 140 valence electrons. The van der Waals surface area contributed by atoms with Crippen LogP contribution in [0.5, 0.6) is 0 Å². The summed E-state index contributed by atoms with van der Waals surface area (Å²) >= 11 is 0. The highest BCUT2D eigenvalue weighted by molar-refractivity contribution is 6.02. The van der Waals surface area contributed by atoms with E-state index in [2.05, 4.69) is 41.7 Å². The minimum absolute atomic E-state index is 0.262. The largest absolute Gasteiger partial charge is 0.459 e. The van der Waals surface area contributed by atoms with Crippen LogP contribution >= 0.6 is 0 Å². The first-order valence-corrected chi connectivity index (χ1v) is 8.98. The van der Waals surface area contributed by atoms with E-state index in [0.29, 0.717) is 24.3 Å². The molecule has 1 atom stereocenters. The summed E-state index contributed by atoms with van der Waals surface area (Å²) < 4.78 is 5.08. The second-order valence-corrected chi connectivity index (χ2v) is 6.50. The lowest BCUT2D eigenvalue weighted by Crippen LogP contribution is -2.44. The summed E-state index contributed by atoms with van der Waals surface area (Å²) in [6.07, 6.45) is 1.48. The quantitative estimate of drug-likeness (QED) is 0.523. The molecule has 6 nitrogen and oxygen atoms in total. The Morgan fingerprint density at radius 2 is 1.88 bits per heavy atom. The highest BCUT2D eigenvalue weighted by atomic mass is 16.3. The van der Waals surface area contributed by atoms with Crippen molar-refractivity contribution in [2.24, 2.45) is 10.9 Å². The van der Waals surface area contributed by atoms with Crippen molar-refractivity contribution in [3.63, 3.8) is 0 Å². The van der Waals surface area contributed by atoms with E-state index in [1.165, 1.54) is 6.26 Å². The first-order chi connectivity index (χ1) is 12.5. The van der Waals surface area contributed by atoms with Crippen molar-refractivity contribution in [2.75, 3.05) is 11.9 Å². The van der Waals surface area contributed by atoms with E-state index in [-0.39, 0.29) is 5.91 Å². The van der Waals surface area contributed by atoms with Crippen LogP contribution < -0.4 is 16.0 Å². The van der Waals surface area contributed by atoms with E-state index < -0.39 is 0 Å². The Hall–Kier alpha value is -2.76. The molecule has 0 aliphatic carbocycles. The number of furan rings is 1. The third-order valence-corrected chi connectivity index (χ3v) is 4.09. The molecule has 1 heterocycles. The number of guanidine groups is 1. The highest BCUT2D eigenvalue weighted by Crippen LogP contribution is 2.12. The molecule has 1 aromatic carbocycles. The number of nitrogens with zero attached hydrogens (tertiary/aromatic N) is 1. The van der Waals surface area contributed by atoms with Gasteiger partial charge in [0.15, 0.2) is 11.7 Å². The average Bonchev–Trinajstić information content (AvgIpc) is 3.15. The molecule has 0 fully saturated rings. The molecule has 0 saturated heterocycles. The monoisotopic (exact) mass is 356 g/mol. The molecule has 3 N–H and O–H groups in total. The fourth-order valence-corrected chi connectivity index (χ4v) is 2.17. The van der Waals surface area contributed by atoms with E-state index in [4.69, 9.17) is 4.42 Å². The Labute approximate surface area is 155 Å². The molecule has 2 aromatic rings. The molecule has 2 rings (SSSR count). The summed E-state index contributed by atoms with van der Waals surface area (Å²) in [6, 6.07) is 11.3. The van der Waals surface area contributed by atoms with Crippen LogP contribution in [0.4, 0.5) is 5.69 Å². The van der Waals surface area contributed by atoms with Crippen molar-refractivity contribution in [1.82, 2.24) is 10.6 Å². The van der Waals surface area contributed by atoms with Crippen LogP contribution in [-0.2, 0) is 6.54 Å². The van der Waals surface area contributed by atoms with Crippen LogP contribution in [0.2, 0.25) is 0 Å². The predicted molar refractivity (Wildman–Crippen MR) is 105 cm³/mol. The normalized spacial score (nSPS) is 12.7. The van der Waals surface area contributed by atoms with Crippen molar-refractivity contribution < 1.29 is 9.21 Å². The standard InChI is InChI=1S/C20H28N4O2/c1-5-21-20(23-15(4)14(2)3)22-13-16-8-10-17(11-9-16)24-19(25)18-7-6-12-26-18/h6-12,14-15H,5,13H2,1-4H3,(H,24,25)(H2,21,22,23). The van der Waals surface area contributed by atoms with Gasteiger partial charge in [-0.1, -0.05) is 26.0 Å². The SMILES string of the molecule is CCNC(=NCc1ccc(NC(=O)c2ccco2)cc1)NC(C)C(C)C. The van der Waals surface area contributed by atoms with Crippen molar-refractivity contribution in [2.45, 2.75) is 40.3 Å². The van der Waals surface area contributed by atoms with Crippen molar-refractivity contribution >= 4 is 17.6 Å². The van der Waals surface area contributed by atoms with E-state index in [1.54, 1.807) is 12.1 Å². The molecule has 26 heavy (non-hydrogen) atoms. The molecule has 0 saturated carbocycles. The second kappa shape index (κ2) is 9.65. The zero-order valence-electron chi connectivity index (χ0n) is 15.9. The fourth-order valence-electron chi connectivity index (χ4n) is 2.17. The van der Waals surface area contributed by atoms with Crippen LogP contribution in [0, 0.1) is 5.92 Å². The van der Waals surface area contributed by atoms with Crippen molar-refractivity contribution in [3.8, 4) is 0 Å². The van der Waals surface area contributed by atoms with Crippen LogP contribution in [0.25, 0.3) is 0 Å².